The van der Waals surface area contributed by atoms with Gasteiger partial charge in [-0.3, -0.25) is 0 Å². The molecule has 0 N–H and O–H groups in total. The van der Waals surface area contributed by atoms with Gasteiger partial charge < -0.3 is 13.7 Å². The third-order valence-corrected chi connectivity index (χ3v) is 12.5. The number of para-hydroxylation sites is 2. The van der Waals surface area contributed by atoms with Gasteiger partial charge in [-0.1, -0.05) is 141 Å². The predicted molar refractivity (Wildman–Crippen MR) is 242 cm³/mol. The normalized spacial score (nSPS) is 13.1. The van der Waals surface area contributed by atoms with Crippen molar-refractivity contribution >= 4 is 71.7 Å². The Morgan fingerprint density at radius 2 is 0.983 bits per heavy atom. The summed E-state index contributed by atoms with van der Waals surface area (Å²) in [6.07, 6.45) is 0. The molecule has 0 atom stereocenters. The summed E-state index contributed by atoms with van der Waals surface area (Å²) < 4.78 is 13.0. The summed E-state index contributed by atoms with van der Waals surface area (Å²) in [5.74, 6) is 0. The van der Waals surface area contributed by atoms with Gasteiger partial charge in [0.2, 0.25) is 0 Å². The van der Waals surface area contributed by atoms with Crippen LogP contribution in [0.25, 0.3) is 88.0 Å². The van der Waals surface area contributed by atoms with Crippen molar-refractivity contribution in [3.8, 4) is 33.4 Å². The Morgan fingerprint density at radius 3 is 1.88 bits per heavy atom. The van der Waals surface area contributed by atoms with Crippen molar-refractivity contribution < 1.29 is 8.83 Å². The number of hydrogen-bond acceptors (Lipinski definition) is 3. The quantitative estimate of drug-likeness (QED) is 0.176. The minimum absolute atomic E-state index is 0.145. The van der Waals surface area contributed by atoms with E-state index in [0.29, 0.717) is 0 Å². The van der Waals surface area contributed by atoms with Crippen LogP contribution in [-0.2, 0) is 5.41 Å². The maximum absolute atomic E-state index is 6.51. The van der Waals surface area contributed by atoms with Gasteiger partial charge in [-0.05, 0) is 104 Å². The van der Waals surface area contributed by atoms with Crippen LogP contribution in [0.1, 0.15) is 25.0 Å². The molecule has 11 aromatic rings. The Bertz CT molecular complexity index is 3450. The van der Waals surface area contributed by atoms with E-state index < -0.39 is 0 Å². The number of hydrogen-bond donors (Lipinski definition) is 0. The highest BCUT2D eigenvalue weighted by Gasteiger charge is 2.36. The first-order chi connectivity index (χ1) is 28.5. The monoisotopic (exact) mass is 743 g/mol. The van der Waals surface area contributed by atoms with Crippen molar-refractivity contribution in [3.63, 3.8) is 0 Å². The average molecular weight is 744 g/mol. The predicted octanol–water partition coefficient (Wildman–Crippen LogP) is 15.7. The number of anilines is 3. The van der Waals surface area contributed by atoms with Crippen LogP contribution in [0, 0.1) is 0 Å². The summed E-state index contributed by atoms with van der Waals surface area (Å²) in [4.78, 5) is 2.39. The van der Waals surface area contributed by atoms with Crippen LogP contribution >= 0.6 is 0 Å². The van der Waals surface area contributed by atoms with Crippen molar-refractivity contribution in [1.29, 1.82) is 0 Å². The van der Waals surface area contributed by atoms with Gasteiger partial charge in [0.1, 0.15) is 22.3 Å². The number of furan rings is 2. The van der Waals surface area contributed by atoms with Crippen molar-refractivity contribution in [2.24, 2.45) is 0 Å². The molecular weight excluding hydrogens is 707 g/mol. The van der Waals surface area contributed by atoms with Crippen molar-refractivity contribution in [2.75, 3.05) is 4.90 Å². The second kappa shape index (κ2) is 12.3. The van der Waals surface area contributed by atoms with E-state index in [2.05, 4.69) is 189 Å². The summed E-state index contributed by atoms with van der Waals surface area (Å²) >= 11 is 0. The largest absolute Gasteiger partial charge is 0.456 e. The first-order valence-electron chi connectivity index (χ1n) is 20.0. The van der Waals surface area contributed by atoms with Gasteiger partial charge in [-0.25, -0.2) is 0 Å². The Kier molecular flexibility index (Phi) is 6.98. The van der Waals surface area contributed by atoms with E-state index in [4.69, 9.17) is 8.83 Å². The van der Waals surface area contributed by atoms with Crippen LogP contribution in [-0.4, -0.2) is 0 Å². The van der Waals surface area contributed by atoms with E-state index in [1.807, 2.05) is 18.2 Å². The van der Waals surface area contributed by atoms with Gasteiger partial charge in [-0.2, -0.15) is 0 Å². The van der Waals surface area contributed by atoms with Crippen molar-refractivity contribution in [3.05, 3.63) is 199 Å². The van der Waals surface area contributed by atoms with E-state index in [9.17, 15) is 0 Å². The molecule has 274 valence electrons. The van der Waals surface area contributed by atoms with Crippen LogP contribution in [0.15, 0.2) is 197 Å². The van der Waals surface area contributed by atoms with E-state index in [0.717, 1.165) is 72.1 Å². The van der Waals surface area contributed by atoms with Gasteiger partial charge in [0.05, 0.1) is 0 Å². The second-order valence-corrected chi connectivity index (χ2v) is 16.1. The fourth-order valence-electron chi connectivity index (χ4n) is 9.73. The summed E-state index contributed by atoms with van der Waals surface area (Å²) in [5, 5.41) is 6.89. The highest BCUT2D eigenvalue weighted by atomic mass is 16.3. The molecule has 1 aliphatic rings. The highest BCUT2D eigenvalue weighted by molar-refractivity contribution is 6.19. The zero-order chi connectivity index (χ0) is 38.5. The molecule has 0 fully saturated rings. The molecule has 0 bridgehead atoms. The zero-order valence-electron chi connectivity index (χ0n) is 32.2. The molecular formula is C55H37NO2. The SMILES string of the molecule is CC1(C)c2ccccc2-c2ccc(N(c3cccc(-c4ccc5oc6ccccc6c5c4-c4cccc5ccccc45)c3)c3ccc4c(c3)oc3ccccc34)cc21. The standard InChI is InChI=1S/C55H37NO2/c1-55(2)47-22-8-5-18-41(47)42-27-25-37(32-48(42)55)56(38-26-28-44-43-19-6-9-23-49(43)58-52(44)33-38)36-16-11-15-35(31-36)40-29-30-51-54(46-20-7-10-24-50(46)57-51)53(40)45-21-12-14-34-13-3-4-17-39(34)45/h3-33H,1-2H3. The molecule has 1 aliphatic carbocycles. The summed E-state index contributed by atoms with van der Waals surface area (Å²) in [6.45, 7) is 4.69. The molecule has 0 unspecified atom stereocenters. The third-order valence-electron chi connectivity index (χ3n) is 12.5. The maximum atomic E-state index is 6.51. The molecule has 58 heavy (non-hydrogen) atoms. The topological polar surface area (TPSA) is 29.5 Å². The van der Waals surface area contributed by atoms with Crippen LogP contribution in [0.4, 0.5) is 17.1 Å². The van der Waals surface area contributed by atoms with Crippen LogP contribution in [0.5, 0.6) is 0 Å². The molecule has 3 heteroatoms. The van der Waals surface area contributed by atoms with Crippen LogP contribution in [0.3, 0.4) is 0 Å². The Hall–Kier alpha value is -7.36. The Morgan fingerprint density at radius 1 is 0.379 bits per heavy atom. The third kappa shape index (κ3) is 4.80. The van der Waals surface area contributed by atoms with E-state index >= 15 is 0 Å². The first-order valence-corrected chi connectivity index (χ1v) is 20.0. The lowest BCUT2D eigenvalue weighted by atomic mass is 9.82. The van der Waals surface area contributed by atoms with Crippen LogP contribution in [0.2, 0.25) is 0 Å². The molecule has 0 saturated carbocycles. The minimum Gasteiger partial charge on any atom is -0.456 e. The molecule has 0 aliphatic heterocycles. The Balaban J connectivity index is 1.10. The minimum atomic E-state index is -0.145. The molecule has 3 nitrogen and oxygen atoms in total. The summed E-state index contributed by atoms with van der Waals surface area (Å²) in [7, 11) is 0. The smallest absolute Gasteiger partial charge is 0.137 e. The van der Waals surface area contributed by atoms with E-state index in [-0.39, 0.29) is 5.41 Å². The van der Waals surface area contributed by atoms with Gasteiger partial charge in [-0.15, -0.1) is 0 Å². The van der Waals surface area contributed by atoms with Crippen LogP contribution < -0.4 is 4.90 Å². The molecule has 0 radical (unpaired) electrons. The van der Waals surface area contributed by atoms with Gasteiger partial charge in [0.15, 0.2) is 0 Å². The van der Waals surface area contributed by atoms with Gasteiger partial charge >= 0.3 is 0 Å². The lowest BCUT2D eigenvalue weighted by Crippen LogP contribution is -2.16. The summed E-state index contributed by atoms with van der Waals surface area (Å²) in [5.41, 5.74) is 16.5. The molecule has 0 amide bonds. The summed E-state index contributed by atoms with van der Waals surface area (Å²) in [6, 6.07) is 67.8. The number of fused-ring (bicyclic) bond motifs is 10. The van der Waals surface area contributed by atoms with Gasteiger partial charge in [0.25, 0.3) is 0 Å². The number of rotatable bonds is 5. The van der Waals surface area contributed by atoms with Crippen molar-refractivity contribution in [2.45, 2.75) is 19.3 Å². The lowest BCUT2D eigenvalue weighted by Gasteiger charge is -2.28. The van der Waals surface area contributed by atoms with E-state index in [1.54, 1.807) is 0 Å². The highest BCUT2D eigenvalue weighted by Crippen LogP contribution is 2.51. The molecule has 12 rings (SSSR count). The number of nitrogens with zero attached hydrogens (tertiary/aromatic N) is 1. The molecule has 9 aromatic carbocycles. The molecule has 0 saturated heterocycles. The second-order valence-electron chi connectivity index (χ2n) is 16.1. The number of benzene rings is 9. The fraction of sp³-hybridized carbons (Fsp3) is 0.0545. The molecule has 2 heterocycles. The van der Waals surface area contributed by atoms with Gasteiger partial charge in [0, 0.05) is 55.7 Å². The maximum Gasteiger partial charge on any atom is 0.137 e. The zero-order valence-corrected chi connectivity index (χ0v) is 32.2. The average Bonchev–Trinajstić information content (AvgIpc) is 3.91. The van der Waals surface area contributed by atoms with E-state index in [1.165, 1.54) is 44.2 Å². The Labute approximate surface area is 336 Å². The molecule has 0 spiro atoms. The molecule has 2 aromatic heterocycles. The fourth-order valence-corrected chi connectivity index (χ4v) is 9.73. The lowest BCUT2D eigenvalue weighted by molar-refractivity contribution is 0.660. The first kappa shape index (κ1) is 32.8. The van der Waals surface area contributed by atoms with Crippen molar-refractivity contribution in [1.82, 2.24) is 0 Å².